The Bertz CT molecular complexity index is 704. The summed E-state index contributed by atoms with van der Waals surface area (Å²) < 4.78 is 5.08. The molecule has 0 saturated carbocycles. The molecule has 0 heterocycles. The van der Waals surface area contributed by atoms with Crippen molar-refractivity contribution in [3.63, 3.8) is 0 Å². The molecule has 0 aromatic heterocycles. The minimum absolute atomic E-state index is 0.361. The zero-order valence-electron chi connectivity index (χ0n) is 12.8. The third kappa shape index (κ3) is 5.00. The van der Waals surface area contributed by atoms with E-state index in [0.29, 0.717) is 16.5 Å². The lowest BCUT2D eigenvalue weighted by Crippen LogP contribution is -2.43. The molecular formula is C17H17ClN2O3. The third-order valence-corrected chi connectivity index (χ3v) is 3.37. The van der Waals surface area contributed by atoms with Gasteiger partial charge in [0.25, 0.3) is 0 Å². The Labute approximate surface area is 139 Å². The number of para-hydroxylation sites is 1. The fourth-order valence-electron chi connectivity index (χ4n) is 1.84. The van der Waals surface area contributed by atoms with Gasteiger partial charge in [-0.2, -0.15) is 0 Å². The first-order valence-corrected chi connectivity index (χ1v) is 7.44. The van der Waals surface area contributed by atoms with Crippen molar-refractivity contribution in [2.24, 2.45) is 0 Å². The van der Waals surface area contributed by atoms with Crippen LogP contribution in [0, 0.1) is 6.92 Å². The molecule has 0 spiro atoms. The number of rotatable bonds is 4. The van der Waals surface area contributed by atoms with E-state index in [2.05, 4.69) is 10.6 Å². The van der Waals surface area contributed by atoms with Gasteiger partial charge in [-0.1, -0.05) is 35.9 Å². The van der Waals surface area contributed by atoms with Gasteiger partial charge in [0.15, 0.2) is 0 Å². The maximum absolute atomic E-state index is 12.1. The number of ether oxygens (including phenoxy) is 1. The summed E-state index contributed by atoms with van der Waals surface area (Å²) in [5.41, 5.74) is 1.48. The third-order valence-electron chi connectivity index (χ3n) is 3.14. The van der Waals surface area contributed by atoms with Crippen molar-refractivity contribution in [1.82, 2.24) is 5.32 Å². The molecule has 2 amide bonds. The first kappa shape index (κ1) is 16.8. The zero-order valence-corrected chi connectivity index (χ0v) is 13.6. The molecule has 2 rings (SSSR count). The van der Waals surface area contributed by atoms with E-state index in [0.717, 1.165) is 5.56 Å². The lowest BCUT2D eigenvalue weighted by molar-refractivity contribution is -0.117. The highest BCUT2D eigenvalue weighted by Crippen LogP contribution is 2.20. The quantitative estimate of drug-likeness (QED) is 0.895. The van der Waals surface area contributed by atoms with Crippen molar-refractivity contribution in [2.75, 3.05) is 5.32 Å². The van der Waals surface area contributed by atoms with Crippen molar-refractivity contribution in [2.45, 2.75) is 19.9 Å². The summed E-state index contributed by atoms with van der Waals surface area (Å²) in [6, 6.07) is 13.1. The molecule has 23 heavy (non-hydrogen) atoms. The maximum atomic E-state index is 12.1. The van der Waals surface area contributed by atoms with Gasteiger partial charge in [-0.05, 0) is 43.7 Å². The highest BCUT2D eigenvalue weighted by molar-refractivity contribution is 6.31. The van der Waals surface area contributed by atoms with Crippen LogP contribution in [-0.4, -0.2) is 18.0 Å². The molecule has 2 N–H and O–H groups in total. The molecule has 2 aromatic rings. The predicted octanol–water partition coefficient (Wildman–Crippen LogP) is 3.76. The number of amides is 2. The van der Waals surface area contributed by atoms with E-state index >= 15 is 0 Å². The average Bonchev–Trinajstić information content (AvgIpc) is 2.51. The van der Waals surface area contributed by atoms with Gasteiger partial charge in [-0.15, -0.1) is 0 Å². The van der Waals surface area contributed by atoms with E-state index in [9.17, 15) is 9.59 Å². The number of aryl methyl sites for hydroxylation is 1. The van der Waals surface area contributed by atoms with E-state index < -0.39 is 12.1 Å². The predicted molar refractivity (Wildman–Crippen MR) is 89.9 cm³/mol. The van der Waals surface area contributed by atoms with Gasteiger partial charge in [-0.3, -0.25) is 4.79 Å². The number of hydrogen-bond acceptors (Lipinski definition) is 3. The molecule has 2 aromatic carbocycles. The maximum Gasteiger partial charge on any atom is 0.413 e. The Balaban J connectivity index is 1.92. The second kappa shape index (κ2) is 7.65. The molecule has 0 bridgehead atoms. The van der Waals surface area contributed by atoms with Crippen LogP contribution >= 0.6 is 11.6 Å². The lowest BCUT2D eigenvalue weighted by Gasteiger charge is -2.15. The summed E-state index contributed by atoms with van der Waals surface area (Å²) in [7, 11) is 0. The molecule has 0 aliphatic rings. The molecule has 0 unspecified atom stereocenters. The molecule has 0 radical (unpaired) electrons. The van der Waals surface area contributed by atoms with Crippen LogP contribution in [0.5, 0.6) is 5.75 Å². The van der Waals surface area contributed by atoms with Crippen molar-refractivity contribution in [3.05, 3.63) is 59.1 Å². The second-order valence-electron chi connectivity index (χ2n) is 5.02. The van der Waals surface area contributed by atoms with Crippen LogP contribution in [0.1, 0.15) is 12.5 Å². The van der Waals surface area contributed by atoms with Crippen LogP contribution in [0.2, 0.25) is 5.02 Å². The number of benzene rings is 2. The summed E-state index contributed by atoms with van der Waals surface area (Å²) >= 11 is 5.91. The standard InChI is InChI=1S/C17H17ClN2O3/c1-11-8-9-13(18)10-15(11)20-16(21)12(2)19-17(22)23-14-6-4-3-5-7-14/h3-10,12H,1-2H3,(H,19,22)(H,20,21)/t12-/m0/s1. The van der Waals surface area contributed by atoms with Gasteiger partial charge in [-0.25, -0.2) is 4.79 Å². The molecule has 6 heteroatoms. The topological polar surface area (TPSA) is 67.4 Å². The normalized spacial score (nSPS) is 11.4. The Kier molecular flexibility index (Phi) is 5.60. The van der Waals surface area contributed by atoms with Crippen molar-refractivity contribution in [1.29, 1.82) is 0 Å². The van der Waals surface area contributed by atoms with Crippen LogP contribution in [0.3, 0.4) is 0 Å². The molecule has 120 valence electrons. The number of carbonyl (C=O) groups is 2. The first-order valence-electron chi connectivity index (χ1n) is 7.06. The number of nitrogens with one attached hydrogen (secondary N) is 2. The summed E-state index contributed by atoms with van der Waals surface area (Å²) in [4.78, 5) is 23.9. The van der Waals surface area contributed by atoms with Crippen LogP contribution in [0.15, 0.2) is 48.5 Å². The van der Waals surface area contributed by atoms with Crippen LogP contribution < -0.4 is 15.4 Å². The van der Waals surface area contributed by atoms with Gasteiger partial charge >= 0.3 is 6.09 Å². The minimum Gasteiger partial charge on any atom is -0.410 e. The number of anilines is 1. The van der Waals surface area contributed by atoms with Crippen LogP contribution in [-0.2, 0) is 4.79 Å². The van der Waals surface area contributed by atoms with Gasteiger partial charge in [0.1, 0.15) is 11.8 Å². The lowest BCUT2D eigenvalue weighted by atomic mass is 10.2. The molecule has 0 fully saturated rings. The minimum atomic E-state index is -0.760. The highest BCUT2D eigenvalue weighted by Gasteiger charge is 2.17. The number of halogens is 1. The van der Waals surface area contributed by atoms with Gasteiger partial charge in [0.2, 0.25) is 5.91 Å². The summed E-state index contributed by atoms with van der Waals surface area (Å²) in [5, 5.41) is 5.73. The molecule has 0 aliphatic carbocycles. The largest absolute Gasteiger partial charge is 0.413 e. The number of hydrogen-bond donors (Lipinski definition) is 2. The van der Waals surface area contributed by atoms with Crippen molar-refractivity contribution < 1.29 is 14.3 Å². The van der Waals surface area contributed by atoms with Gasteiger partial charge in [0, 0.05) is 10.7 Å². The van der Waals surface area contributed by atoms with E-state index in [1.54, 1.807) is 49.4 Å². The second-order valence-corrected chi connectivity index (χ2v) is 5.45. The molecule has 5 nitrogen and oxygen atoms in total. The average molecular weight is 333 g/mol. The van der Waals surface area contributed by atoms with E-state index in [4.69, 9.17) is 16.3 Å². The monoisotopic (exact) mass is 332 g/mol. The molecule has 0 aliphatic heterocycles. The van der Waals surface area contributed by atoms with Gasteiger partial charge in [0.05, 0.1) is 0 Å². The van der Waals surface area contributed by atoms with Crippen molar-refractivity contribution >= 4 is 29.3 Å². The molecule has 0 saturated heterocycles. The molecule has 1 atom stereocenters. The number of carbonyl (C=O) groups excluding carboxylic acids is 2. The summed E-state index contributed by atoms with van der Waals surface area (Å²) in [6.45, 7) is 3.43. The Morgan fingerprint density at radius 1 is 1.13 bits per heavy atom. The Morgan fingerprint density at radius 3 is 2.52 bits per heavy atom. The highest BCUT2D eigenvalue weighted by atomic mass is 35.5. The van der Waals surface area contributed by atoms with Crippen LogP contribution in [0.4, 0.5) is 10.5 Å². The van der Waals surface area contributed by atoms with Crippen molar-refractivity contribution in [3.8, 4) is 5.75 Å². The van der Waals surface area contributed by atoms with Crippen LogP contribution in [0.25, 0.3) is 0 Å². The van der Waals surface area contributed by atoms with Gasteiger partial charge < -0.3 is 15.4 Å². The smallest absolute Gasteiger partial charge is 0.410 e. The molecular weight excluding hydrogens is 316 g/mol. The SMILES string of the molecule is Cc1ccc(Cl)cc1NC(=O)[C@H](C)NC(=O)Oc1ccccc1. The Morgan fingerprint density at radius 2 is 1.83 bits per heavy atom. The summed E-state index contributed by atoms with van der Waals surface area (Å²) in [6.07, 6.45) is -0.693. The van der Waals surface area contributed by atoms with E-state index in [1.807, 2.05) is 13.0 Å². The van der Waals surface area contributed by atoms with E-state index in [-0.39, 0.29) is 5.91 Å². The fraction of sp³-hybridized carbons (Fsp3) is 0.176. The summed E-state index contributed by atoms with van der Waals surface area (Å²) in [5.74, 6) is 0.0451. The zero-order chi connectivity index (χ0) is 16.8. The fourth-order valence-corrected chi connectivity index (χ4v) is 2.01. The van der Waals surface area contributed by atoms with E-state index in [1.165, 1.54) is 0 Å². The Hall–Kier alpha value is -2.53. The first-order chi connectivity index (χ1) is 11.0.